The van der Waals surface area contributed by atoms with Crippen molar-refractivity contribution in [3.05, 3.63) is 51.9 Å². The van der Waals surface area contributed by atoms with E-state index in [9.17, 15) is 0 Å². The molecular formula is C8H6ClN3. The van der Waals surface area contributed by atoms with Crippen LogP contribution >= 0.6 is 11.6 Å². The molecule has 0 heterocycles. The SMILES string of the molecule is C=C(N=[N+]=[N-])c1ccccc1Cl. The van der Waals surface area contributed by atoms with Crippen LogP contribution in [0.4, 0.5) is 0 Å². The summed E-state index contributed by atoms with van der Waals surface area (Å²) in [5, 5.41) is 3.89. The van der Waals surface area contributed by atoms with Gasteiger partial charge in [-0.3, -0.25) is 0 Å². The second-order valence-electron chi connectivity index (χ2n) is 2.12. The molecule has 0 bridgehead atoms. The molecule has 0 aliphatic heterocycles. The molecule has 60 valence electrons. The quantitative estimate of drug-likeness (QED) is 0.378. The molecular weight excluding hydrogens is 174 g/mol. The van der Waals surface area contributed by atoms with Crippen molar-refractivity contribution in [3.8, 4) is 0 Å². The van der Waals surface area contributed by atoms with Crippen molar-refractivity contribution in [1.82, 2.24) is 0 Å². The van der Waals surface area contributed by atoms with Crippen molar-refractivity contribution in [2.24, 2.45) is 5.11 Å². The summed E-state index contributed by atoms with van der Waals surface area (Å²) >= 11 is 5.81. The maximum Gasteiger partial charge on any atom is 0.0482 e. The molecule has 0 aliphatic rings. The first kappa shape index (κ1) is 8.65. The van der Waals surface area contributed by atoms with Gasteiger partial charge in [-0.2, -0.15) is 0 Å². The van der Waals surface area contributed by atoms with Gasteiger partial charge >= 0.3 is 0 Å². The fourth-order valence-electron chi connectivity index (χ4n) is 0.803. The van der Waals surface area contributed by atoms with Gasteiger partial charge in [0.2, 0.25) is 0 Å². The lowest BCUT2D eigenvalue weighted by molar-refractivity contribution is 1.48. The van der Waals surface area contributed by atoms with Crippen molar-refractivity contribution in [3.63, 3.8) is 0 Å². The van der Waals surface area contributed by atoms with E-state index in [2.05, 4.69) is 16.6 Å². The first-order valence-electron chi connectivity index (χ1n) is 3.24. The first-order chi connectivity index (χ1) is 5.75. The number of rotatable bonds is 2. The number of azide groups is 1. The van der Waals surface area contributed by atoms with Gasteiger partial charge in [0.15, 0.2) is 0 Å². The summed E-state index contributed by atoms with van der Waals surface area (Å²) in [7, 11) is 0. The fraction of sp³-hybridized carbons (Fsp3) is 0. The highest BCUT2D eigenvalue weighted by Crippen LogP contribution is 2.22. The van der Waals surface area contributed by atoms with Crippen molar-refractivity contribution in [2.45, 2.75) is 0 Å². The van der Waals surface area contributed by atoms with Crippen LogP contribution in [-0.4, -0.2) is 0 Å². The van der Waals surface area contributed by atoms with Gasteiger partial charge < -0.3 is 0 Å². The number of benzene rings is 1. The molecule has 1 rings (SSSR count). The van der Waals surface area contributed by atoms with E-state index in [0.717, 1.165) is 0 Å². The summed E-state index contributed by atoms with van der Waals surface area (Å²) in [4.78, 5) is 2.62. The molecule has 0 amide bonds. The Morgan fingerprint density at radius 3 is 2.75 bits per heavy atom. The summed E-state index contributed by atoms with van der Waals surface area (Å²) in [5.74, 6) is 0. The second-order valence-corrected chi connectivity index (χ2v) is 2.52. The van der Waals surface area contributed by atoms with E-state index in [0.29, 0.717) is 16.3 Å². The zero-order valence-electron chi connectivity index (χ0n) is 6.24. The average Bonchev–Trinajstić information content (AvgIpc) is 2.05. The van der Waals surface area contributed by atoms with E-state index < -0.39 is 0 Å². The molecule has 0 fully saturated rings. The normalized spacial score (nSPS) is 8.75. The van der Waals surface area contributed by atoms with E-state index >= 15 is 0 Å². The maximum atomic E-state index is 8.14. The summed E-state index contributed by atoms with van der Waals surface area (Å²) in [6, 6.07) is 7.07. The van der Waals surface area contributed by atoms with Crippen LogP contribution in [0.2, 0.25) is 5.02 Å². The molecule has 0 aromatic heterocycles. The Hall–Kier alpha value is -1.44. The highest BCUT2D eigenvalue weighted by molar-refractivity contribution is 6.32. The van der Waals surface area contributed by atoms with Gasteiger partial charge in [-0.15, -0.1) is 0 Å². The summed E-state index contributed by atoms with van der Waals surface area (Å²) < 4.78 is 0. The average molecular weight is 180 g/mol. The third-order valence-electron chi connectivity index (χ3n) is 1.35. The number of halogens is 1. The van der Waals surface area contributed by atoms with E-state index in [-0.39, 0.29) is 0 Å². The van der Waals surface area contributed by atoms with Crippen LogP contribution < -0.4 is 0 Å². The monoisotopic (exact) mass is 179 g/mol. The minimum atomic E-state index is 0.336. The fourth-order valence-corrected chi connectivity index (χ4v) is 1.05. The van der Waals surface area contributed by atoms with Crippen LogP contribution in [0, 0.1) is 0 Å². The molecule has 0 atom stereocenters. The zero-order chi connectivity index (χ0) is 8.97. The van der Waals surface area contributed by atoms with Crippen LogP contribution in [0.3, 0.4) is 0 Å². The lowest BCUT2D eigenvalue weighted by Crippen LogP contribution is -1.78. The number of hydrogen-bond donors (Lipinski definition) is 0. The Bertz CT molecular complexity index is 353. The number of hydrogen-bond acceptors (Lipinski definition) is 1. The summed E-state index contributed by atoms with van der Waals surface area (Å²) in [5.41, 5.74) is 9.14. The largest absolute Gasteiger partial charge is 0.0888 e. The molecule has 1 aromatic carbocycles. The van der Waals surface area contributed by atoms with Gasteiger partial charge in [-0.05, 0) is 11.6 Å². The van der Waals surface area contributed by atoms with Crippen molar-refractivity contribution in [2.75, 3.05) is 0 Å². The molecule has 4 heteroatoms. The van der Waals surface area contributed by atoms with Gasteiger partial charge in [0.25, 0.3) is 0 Å². The van der Waals surface area contributed by atoms with E-state index in [1.54, 1.807) is 24.3 Å². The molecule has 0 radical (unpaired) electrons. The Labute approximate surface area is 74.9 Å². The smallest absolute Gasteiger partial charge is 0.0482 e. The Kier molecular flexibility index (Phi) is 2.75. The van der Waals surface area contributed by atoms with E-state index in [1.807, 2.05) is 0 Å². The molecule has 0 unspecified atom stereocenters. The van der Waals surface area contributed by atoms with Crippen LogP contribution in [0.5, 0.6) is 0 Å². The Morgan fingerprint density at radius 1 is 1.50 bits per heavy atom. The molecule has 12 heavy (non-hydrogen) atoms. The Balaban J connectivity index is 3.11. The van der Waals surface area contributed by atoms with Gasteiger partial charge in [-0.1, -0.05) is 41.5 Å². The molecule has 0 aliphatic carbocycles. The highest BCUT2D eigenvalue weighted by atomic mass is 35.5. The van der Waals surface area contributed by atoms with Crippen LogP contribution in [0.15, 0.2) is 36.0 Å². The molecule has 0 N–H and O–H groups in total. The highest BCUT2D eigenvalue weighted by Gasteiger charge is 1.99. The second kappa shape index (κ2) is 3.81. The van der Waals surface area contributed by atoms with Crippen molar-refractivity contribution >= 4 is 17.3 Å². The predicted octanol–water partition coefficient (Wildman–Crippen LogP) is 3.62. The van der Waals surface area contributed by atoms with Gasteiger partial charge in [-0.25, -0.2) is 0 Å². The lowest BCUT2D eigenvalue weighted by Gasteiger charge is -1.99. The molecule has 0 saturated carbocycles. The van der Waals surface area contributed by atoms with Crippen LogP contribution in [-0.2, 0) is 0 Å². The third-order valence-corrected chi connectivity index (χ3v) is 1.68. The maximum absolute atomic E-state index is 8.14. The minimum absolute atomic E-state index is 0.336. The van der Waals surface area contributed by atoms with Crippen LogP contribution in [0.25, 0.3) is 16.1 Å². The van der Waals surface area contributed by atoms with Crippen molar-refractivity contribution < 1.29 is 0 Å². The summed E-state index contributed by atoms with van der Waals surface area (Å²) in [6.45, 7) is 3.57. The van der Waals surface area contributed by atoms with Gasteiger partial charge in [0.05, 0.1) is 0 Å². The molecule has 3 nitrogen and oxygen atoms in total. The zero-order valence-corrected chi connectivity index (χ0v) is 6.99. The lowest BCUT2D eigenvalue weighted by atomic mass is 10.2. The minimum Gasteiger partial charge on any atom is -0.0888 e. The first-order valence-corrected chi connectivity index (χ1v) is 3.62. The summed E-state index contributed by atoms with van der Waals surface area (Å²) in [6.07, 6.45) is 0. The topological polar surface area (TPSA) is 48.8 Å². The Morgan fingerprint density at radius 2 is 2.17 bits per heavy atom. The predicted molar refractivity (Wildman–Crippen MR) is 49.6 cm³/mol. The van der Waals surface area contributed by atoms with Crippen LogP contribution in [0.1, 0.15) is 5.56 Å². The van der Waals surface area contributed by atoms with Gasteiger partial charge in [0, 0.05) is 21.2 Å². The molecule has 0 spiro atoms. The van der Waals surface area contributed by atoms with Gasteiger partial charge in [0.1, 0.15) is 0 Å². The van der Waals surface area contributed by atoms with E-state index in [1.165, 1.54) is 0 Å². The van der Waals surface area contributed by atoms with Crippen molar-refractivity contribution in [1.29, 1.82) is 0 Å². The third kappa shape index (κ3) is 1.78. The standard InChI is InChI=1S/C8H6ClN3/c1-6(11-12-10)7-4-2-3-5-8(7)9/h2-5H,1H2. The van der Waals surface area contributed by atoms with E-state index in [4.69, 9.17) is 17.1 Å². The molecule has 1 aromatic rings. The number of nitrogens with zero attached hydrogens (tertiary/aromatic N) is 3. The molecule has 0 saturated heterocycles.